The van der Waals surface area contributed by atoms with Crippen LogP contribution in [-0.2, 0) is 4.79 Å². The molecule has 3 rings (SSSR count). The Bertz CT molecular complexity index is 693. The first kappa shape index (κ1) is 18.8. The fraction of sp³-hybridized carbons (Fsp3) is 0.556. The Morgan fingerprint density at radius 1 is 1.44 bits per heavy atom. The van der Waals surface area contributed by atoms with Crippen molar-refractivity contribution in [2.75, 3.05) is 5.75 Å². The maximum absolute atomic E-state index is 12.5. The molecule has 1 saturated carbocycles. The lowest BCUT2D eigenvalue weighted by atomic mass is 10.1. The Balaban J connectivity index is 1.50. The van der Waals surface area contributed by atoms with Gasteiger partial charge in [-0.1, -0.05) is 42.6 Å². The molecule has 1 saturated heterocycles. The number of thioether (sulfide) groups is 1. The van der Waals surface area contributed by atoms with Crippen LogP contribution in [0.5, 0.6) is 0 Å². The van der Waals surface area contributed by atoms with Gasteiger partial charge < -0.3 is 5.32 Å². The lowest BCUT2D eigenvalue weighted by Gasteiger charge is -2.14. The van der Waals surface area contributed by atoms with E-state index in [0.717, 1.165) is 24.2 Å². The van der Waals surface area contributed by atoms with Gasteiger partial charge in [0.15, 0.2) is 12.0 Å². The SMILES string of the molecule is CCC1C(CCC(=O)C2CSC(c3ccc(Cl)cc3Cl)N2)C1NC#N. The Kier molecular flexibility index (Phi) is 6.17. The minimum Gasteiger partial charge on any atom is -0.320 e. The van der Waals surface area contributed by atoms with Crippen LogP contribution < -0.4 is 10.6 Å². The molecule has 1 heterocycles. The number of carbonyl (C=O) groups excluding carboxylic acids is 1. The first-order chi connectivity index (χ1) is 12.0. The lowest BCUT2D eigenvalue weighted by Crippen LogP contribution is -2.34. The summed E-state index contributed by atoms with van der Waals surface area (Å²) >= 11 is 13.9. The van der Waals surface area contributed by atoms with Crippen molar-refractivity contribution in [3.8, 4) is 6.19 Å². The van der Waals surface area contributed by atoms with Gasteiger partial charge in [-0.25, -0.2) is 0 Å². The van der Waals surface area contributed by atoms with Crippen LogP contribution in [-0.4, -0.2) is 23.6 Å². The van der Waals surface area contributed by atoms with Gasteiger partial charge in [0.1, 0.15) is 0 Å². The maximum Gasteiger partial charge on any atom is 0.176 e. The third-order valence-corrected chi connectivity index (χ3v) is 6.99. The van der Waals surface area contributed by atoms with E-state index in [1.165, 1.54) is 0 Å². The molecule has 1 aromatic rings. The largest absolute Gasteiger partial charge is 0.320 e. The molecule has 0 aromatic heterocycles. The summed E-state index contributed by atoms with van der Waals surface area (Å²) in [5.41, 5.74) is 0.970. The smallest absolute Gasteiger partial charge is 0.176 e. The number of hydrogen-bond donors (Lipinski definition) is 2. The van der Waals surface area contributed by atoms with E-state index in [4.69, 9.17) is 28.5 Å². The second-order valence-corrected chi connectivity index (χ2v) is 8.60. The average molecular weight is 398 g/mol. The third-order valence-electron chi connectivity index (χ3n) is 5.17. The molecule has 2 fully saturated rings. The van der Waals surface area contributed by atoms with Gasteiger partial charge in [-0.15, -0.1) is 11.8 Å². The van der Waals surface area contributed by atoms with E-state index < -0.39 is 0 Å². The van der Waals surface area contributed by atoms with Crippen molar-refractivity contribution in [1.29, 1.82) is 5.26 Å². The van der Waals surface area contributed by atoms with E-state index in [-0.39, 0.29) is 23.2 Å². The number of Topliss-reactive ketones (excluding diaryl/α,β-unsaturated/α-hetero) is 1. The topological polar surface area (TPSA) is 64.9 Å². The number of carbonyl (C=O) groups is 1. The van der Waals surface area contributed by atoms with Crippen LogP contribution in [0.25, 0.3) is 0 Å². The van der Waals surface area contributed by atoms with Gasteiger partial charge in [0.25, 0.3) is 0 Å². The molecule has 134 valence electrons. The highest BCUT2D eigenvalue weighted by molar-refractivity contribution is 7.99. The quantitative estimate of drug-likeness (QED) is 0.534. The van der Waals surface area contributed by atoms with Crippen LogP contribution >= 0.6 is 35.0 Å². The van der Waals surface area contributed by atoms with Gasteiger partial charge >= 0.3 is 0 Å². The highest BCUT2D eigenvalue weighted by atomic mass is 35.5. The van der Waals surface area contributed by atoms with Crippen molar-refractivity contribution in [1.82, 2.24) is 10.6 Å². The summed E-state index contributed by atoms with van der Waals surface area (Å²) in [6.45, 7) is 2.13. The van der Waals surface area contributed by atoms with E-state index in [1.54, 1.807) is 17.8 Å². The van der Waals surface area contributed by atoms with E-state index >= 15 is 0 Å². The van der Waals surface area contributed by atoms with Crippen molar-refractivity contribution >= 4 is 40.7 Å². The number of nitrogens with one attached hydrogen (secondary N) is 2. The highest BCUT2D eigenvalue weighted by Crippen LogP contribution is 2.45. The van der Waals surface area contributed by atoms with Gasteiger partial charge in [0.2, 0.25) is 0 Å². The van der Waals surface area contributed by atoms with Gasteiger partial charge in [-0.3, -0.25) is 10.1 Å². The van der Waals surface area contributed by atoms with E-state index in [9.17, 15) is 4.79 Å². The number of nitriles is 1. The Labute approximate surface area is 162 Å². The summed E-state index contributed by atoms with van der Waals surface area (Å²) < 4.78 is 0. The number of nitrogens with zero attached hydrogens (tertiary/aromatic N) is 1. The van der Waals surface area contributed by atoms with Crippen molar-refractivity contribution < 1.29 is 4.79 Å². The van der Waals surface area contributed by atoms with Crippen molar-refractivity contribution in [3.63, 3.8) is 0 Å². The second kappa shape index (κ2) is 8.18. The van der Waals surface area contributed by atoms with Crippen LogP contribution in [0, 0.1) is 23.3 Å². The summed E-state index contributed by atoms with van der Waals surface area (Å²) in [7, 11) is 0. The standard InChI is InChI=1S/C18H21Cl2N3OS/c1-2-11-12(17(11)22-9-21)5-6-16(24)15-8-25-18(23-15)13-4-3-10(19)7-14(13)20/h3-4,7,11-12,15,17-18,22-23H,2,5-6,8H2,1H3. The molecule has 0 radical (unpaired) electrons. The summed E-state index contributed by atoms with van der Waals surface area (Å²) in [5, 5.41) is 16.3. The zero-order valence-corrected chi connectivity index (χ0v) is 16.3. The molecule has 0 amide bonds. The van der Waals surface area contributed by atoms with E-state index in [0.29, 0.717) is 28.3 Å². The summed E-state index contributed by atoms with van der Waals surface area (Å²) in [5.74, 6) is 1.98. The Morgan fingerprint density at radius 3 is 2.92 bits per heavy atom. The first-order valence-electron chi connectivity index (χ1n) is 8.55. The van der Waals surface area contributed by atoms with Crippen LogP contribution in [0.4, 0.5) is 0 Å². The fourth-order valence-corrected chi connectivity index (χ4v) is 5.61. The predicted octanol–water partition coefficient (Wildman–Crippen LogP) is 4.14. The molecular weight excluding hydrogens is 377 g/mol. The monoisotopic (exact) mass is 397 g/mol. The molecule has 2 aliphatic rings. The van der Waals surface area contributed by atoms with Crippen LogP contribution in [0.3, 0.4) is 0 Å². The fourth-order valence-electron chi connectivity index (χ4n) is 3.72. The Hall–Kier alpha value is -0.930. The molecule has 0 bridgehead atoms. The summed E-state index contributed by atoms with van der Waals surface area (Å²) in [4.78, 5) is 12.5. The minimum atomic E-state index is -0.136. The molecule has 1 aliphatic heterocycles. The zero-order valence-electron chi connectivity index (χ0n) is 14.0. The number of halogens is 2. The molecule has 5 unspecified atom stereocenters. The zero-order chi connectivity index (χ0) is 18.0. The number of rotatable bonds is 7. The van der Waals surface area contributed by atoms with Crippen LogP contribution in [0.2, 0.25) is 10.0 Å². The number of benzene rings is 1. The predicted molar refractivity (Wildman–Crippen MR) is 103 cm³/mol. The summed E-state index contributed by atoms with van der Waals surface area (Å²) in [6, 6.07) is 5.59. The number of hydrogen-bond acceptors (Lipinski definition) is 5. The average Bonchev–Trinajstić information content (AvgIpc) is 3.01. The maximum atomic E-state index is 12.5. The van der Waals surface area contributed by atoms with Gasteiger partial charge in [0.05, 0.1) is 11.4 Å². The first-order valence-corrected chi connectivity index (χ1v) is 10.4. The van der Waals surface area contributed by atoms with Crippen molar-refractivity contribution in [3.05, 3.63) is 33.8 Å². The highest BCUT2D eigenvalue weighted by Gasteiger charge is 2.48. The second-order valence-electron chi connectivity index (χ2n) is 6.62. The molecule has 0 spiro atoms. The van der Waals surface area contributed by atoms with Gasteiger partial charge in [-0.05, 0) is 36.0 Å². The Morgan fingerprint density at radius 2 is 2.24 bits per heavy atom. The van der Waals surface area contributed by atoms with E-state index in [2.05, 4.69) is 17.6 Å². The molecule has 4 nitrogen and oxygen atoms in total. The number of ketones is 1. The lowest BCUT2D eigenvalue weighted by molar-refractivity contribution is -0.120. The molecule has 5 atom stereocenters. The molecule has 25 heavy (non-hydrogen) atoms. The van der Waals surface area contributed by atoms with E-state index in [1.807, 2.05) is 18.3 Å². The normalized spacial score (nSPS) is 30.7. The van der Waals surface area contributed by atoms with Crippen molar-refractivity contribution in [2.24, 2.45) is 11.8 Å². The van der Waals surface area contributed by atoms with Crippen molar-refractivity contribution in [2.45, 2.75) is 43.6 Å². The van der Waals surface area contributed by atoms with Gasteiger partial charge in [-0.2, -0.15) is 5.26 Å². The van der Waals surface area contributed by atoms with Gasteiger partial charge in [0, 0.05) is 28.3 Å². The third kappa shape index (κ3) is 4.25. The van der Waals surface area contributed by atoms with Crippen LogP contribution in [0.15, 0.2) is 18.2 Å². The van der Waals surface area contributed by atoms with Crippen LogP contribution in [0.1, 0.15) is 37.1 Å². The molecule has 7 heteroatoms. The molecule has 2 N–H and O–H groups in total. The molecule has 1 aromatic carbocycles. The molecule has 1 aliphatic carbocycles. The minimum absolute atomic E-state index is 0.0241. The summed E-state index contributed by atoms with van der Waals surface area (Å²) in [6.07, 6.45) is 4.49. The molecular formula is C18H21Cl2N3OS.